The average molecular weight is 481 g/mol. The lowest BCUT2D eigenvalue weighted by atomic mass is 9.88. The maximum atomic E-state index is 13.5. The fraction of sp³-hybridized carbons (Fsp3) is 0.107. The molecule has 0 saturated carbocycles. The fourth-order valence-corrected chi connectivity index (χ4v) is 4.40. The molecule has 5 rings (SSSR count). The molecule has 4 aromatic carbocycles. The highest BCUT2D eigenvalue weighted by atomic mass is 19.4. The zero-order valence-electron chi connectivity index (χ0n) is 18.1. The lowest BCUT2D eigenvalue weighted by Gasteiger charge is -2.17. The highest BCUT2D eigenvalue weighted by molar-refractivity contribution is 6.17. The van der Waals surface area contributed by atoms with Crippen molar-refractivity contribution in [3.63, 3.8) is 0 Å². The lowest BCUT2D eigenvalue weighted by molar-refractivity contribution is -0.143. The number of fused-ring (bicyclic) bond motifs is 3. The van der Waals surface area contributed by atoms with Crippen molar-refractivity contribution in [2.45, 2.75) is 18.9 Å². The van der Waals surface area contributed by atoms with Crippen LogP contribution in [0.4, 0.5) is 26.3 Å². The van der Waals surface area contributed by atoms with Crippen LogP contribution in [0.3, 0.4) is 0 Å². The minimum absolute atomic E-state index is 0.0992. The highest BCUT2D eigenvalue weighted by Gasteiger charge is 2.37. The standard InChI is InChI=1S/C28H17F6N/c29-27(30,31)19-13-18(14-20(15-19)28(32,33)34)21-11-6-12-23-22-9-4-5-10-24(22)26(35-16-25(21)23)17-7-2-1-3-8-17/h1-15H,16H2. The zero-order valence-corrected chi connectivity index (χ0v) is 18.1. The van der Waals surface area contributed by atoms with E-state index in [-0.39, 0.29) is 23.7 Å². The van der Waals surface area contributed by atoms with E-state index in [2.05, 4.69) is 0 Å². The summed E-state index contributed by atoms with van der Waals surface area (Å²) in [6.07, 6.45) is -9.85. The number of benzene rings is 4. The summed E-state index contributed by atoms with van der Waals surface area (Å²) in [7, 11) is 0. The Bertz CT molecular complexity index is 1400. The summed E-state index contributed by atoms with van der Waals surface area (Å²) >= 11 is 0. The van der Waals surface area contributed by atoms with Gasteiger partial charge in [-0.1, -0.05) is 72.8 Å². The molecule has 0 saturated heterocycles. The molecule has 1 heterocycles. The first-order chi connectivity index (χ1) is 16.6. The Labute approximate surface area is 197 Å². The van der Waals surface area contributed by atoms with Gasteiger partial charge in [0.1, 0.15) is 0 Å². The van der Waals surface area contributed by atoms with Gasteiger partial charge in [0, 0.05) is 11.1 Å². The largest absolute Gasteiger partial charge is 0.416 e. The third-order valence-electron chi connectivity index (χ3n) is 5.99. The molecule has 0 N–H and O–H groups in total. The Morgan fingerprint density at radius 1 is 0.514 bits per heavy atom. The number of rotatable bonds is 2. The van der Waals surface area contributed by atoms with E-state index in [1.807, 2.05) is 60.7 Å². The van der Waals surface area contributed by atoms with Crippen LogP contribution in [0.25, 0.3) is 22.3 Å². The minimum Gasteiger partial charge on any atom is -0.279 e. The minimum atomic E-state index is -4.92. The molecule has 35 heavy (non-hydrogen) atoms. The molecule has 1 aliphatic heterocycles. The van der Waals surface area contributed by atoms with Crippen LogP contribution in [-0.4, -0.2) is 5.71 Å². The van der Waals surface area contributed by atoms with Gasteiger partial charge < -0.3 is 0 Å². The van der Waals surface area contributed by atoms with Crippen molar-refractivity contribution in [1.82, 2.24) is 0 Å². The first-order valence-corrected chi connectivity index (χ1v) is 10.7. The van der Waals surface area contributed by atoms with E-state index in [4.69, 9.17) is 4.99 Å². The molecule has 1 aliphatic rings. The van der Waals surface area contributed by atoms with Crippen molar-refractivity contribution in [2.24, 2.45) is 4.99 Å². The molecule has 0 amide bonds. The van der Waals surface area contributed by atoms with E-state index >= 15 is 0 Å². The van der Waals surface area contributed by atoms with Crippen LogP contribution in [-0.2, 0) is 18.9 Å². The van der Waals surface area contributed by atoms with Gasteiger partial charge >= 0.3 is 12.4 Å². The van der Waals surface area contributed by atoms with Crippen molar-refractivity contribution >= 4 is 5.71 Å². The van der Waals surface area contributed by atoms with Gasteiger partial charge in [-0.05, 0) is 46.0 Å². The molecule has 0 aromatic heterocycles. The summed E-state index contributed by atoms with van der Waals surface area (Å²) in [4.78, 5) is 4.78. The van der Waals surface area contributed by atoms with Crippen LogP contribution in [0.1, 0.15) is 27.8 Å². The monoisotopic (exact) mass is 481 g/mol. The predicted molar refractivity (Wildman–Crippen MR) is 123 cm³/mol. The number of hydrogen-bond acceptors (Lipinski definition) is 1. The molecule has 1 nitrogen and oxygen atoms in total. The van der Waals surface area contributed by atoms with Gasteiger partial charge in [0.25, 0.3) is 0 Å². The molecule has 0 aliphatic carbocycles. The maximum absolute atomic E-state index is 13.5. The van der Waals surface area contributed by atoms with Gasteiger partial charge in [-0.2, -0.15) is 26.3 Å². The van der Waals surface area contributed by atoms with Crippen LogP contribution in [0, 0.1) is 0 Å². The molecule has 0 atom stereocenters. The van der Waals surface area contributed by atoms with Gasteiger partial charge in [-0.3, -0.25) is 4.99 Å². The highest BCUT2D eigenvalue weighted by Crippen LogP contribution is 2.42. The normalized spacial score (nSPS) is 13.5. The second kappa shape index (κ2) is 8.41. The SMILES string of the molecule is FC(F)(F)c1cc(-c2cccc3c2CN=C(c2ccccc2)c2ccccc2-3)cc(C(F)(F)F)c1. The summed E-state index contributed by atoms with van der Waals surface area (Å²) in [5, 5.41) is 0. The van der Waals surface area contributed by atoms with Crippen LogP contribution >= 0.6 is 0 Å². The molecule has 0 spiro atoms. The van der Waals surface area contributed by atoms with E-state index in [1.54, 1.807) is 12.1 Å². The van der Waals surface area contributed by atoms with Crippen molar-refractivity contribution < 1.29 is 26.3 Å². The van der Waals surface area contributed by atoms with Gasteiger partial charge in [0.2, 0.25) is 0 Å². The second-order valence-corrected chi connectivity index (χ2v) is 8.20. The molecule has 7 heteroatoms. The van der Waals surface area contributed by atoms with Gasteiger partial charge in [0.05, 0.1) is 23.4 Å². The molecule has 4 aromatic rings. The molecule has 0 radical (unpaired) electrons. The summed E-state index contributed by atoms with van der Waals surface area (Å²) in [5.74, 6) is 0. The molecule has 0 unspecified atom stereocenters. The van der Waals surface area contributed by atoms with Gasteiger partial charge in [0.15, 0.2) is 0 Å². The zero-order chi connectivity index (χ0) is 24.8. The number of aliphatic imine (C=N–C) groups is 1. The summed E-state index contributed by atoms with van der Waals surface area (Å²) in [5.41, 5.74) is 1.96. The number of alkyl halides is 6. The molecular formula is C28H17F6N. The molecule has 0 bridgehead atoms. The Morgan fingerprint density at radius 3 is 1.69 bits per heavy atom. The number of hydrogen-bond donors (Lipinski definition) is 0. The third-order valence-corrected chi connectivity index (χ3v) is 5.99. The maximum Gasteiger partial charge on any atom is 0.416 e. The van der Waals surface area contributed by atoms with Crippen molar-refractivity contribution in [1.29, 1.82) is 0 Å². The Kier molecular flexibility index (Phi) is 5.50. The third kappa shape index (κ3) is 4.34. The topological polar surface area (TPSA) is 12.4 Å². The fourth-order valence-electron chi connectivity index (χ4n) is 4.40. The van der Waals surface area contributed by atoms with Crippen LogP contribution in [0.2, 0.25) is 0 Å². The summed E-state index contributed by atoms with van der Waals surface area (Å²) in [6.45, 7) is 0.0992. The van der Waals surface area contributed by atoms with Crippen LogP contribution in [0.5, 0.6) is 0 Å². The molecule has 176 valence electrons. The van der Waals surface area contributed by atoms with Gasteiger partial charge in [-0.15, -0.1) is 0 Å². The lowest BCUT2D eigenvalue weighted by Crippen LogP contribution is -2.11. The Balaban J connectivity index is 1.75. The molecule has 0 fully saturated rings. The molecular weight excluding hydrogens is 464 g/mol. The second-order valence-electron chi connectivity index (χ2n) is 8.20. The van der Waals surface area contributed by atoms with E-state index < -0.39 is 23.5 Å². The van der Waals surface area contributed by atoms with E-state index in [1.165, 1.54) is 0 Å². The number of halogens is 6. The van der Waals surface area contributed by atoms with E-state index in [0.29, 0.717) is 11.3 Å². The van der Waals surface area contributed by atoms with Crippen molar-refractivity contribution in [3.8, 4) is 22.3 Å². The van der Waals surface area contributed by atoms with E-state index in [0.717, 1.165) is 34.4 Å². The quantitative estimate of drug-likeness (QED) is 0.255. The summed E-state index contributed by atoms with van der Waals surface area (Å²) < 4.78 is 81.0. The van der Waals surface area contributed by atoms with Gasteiger partial charge in [-0.25, -0.2) is 0 Å². The van der Waals surface area contributed by atoms with Crippen molar-refractivity contribution in [2.75, 3.05) is 0 Å². The van der Waals surface area contributed by atoms with E-state index in [9.17, 15) is 26.3 Å². The Morgan fingerprint density at radius 2 is 1.06 bits per heavy atom. The number of nitrogens with zero attached hydrogens (tertiary/aromatic N) is 1. The summed E-state index contributed by atoms with van der Waals surface area (Å²) in [6, 6.07) is 23.7. The average Bonchev–Trinajstić information content (AvgIpc) is 3.00. The van der Waals surface area contributed by atoms with Crippen molar-refractivity contribution in [3.05, 3.63) is 119 Å². The predicted octanol–water partition coefficient (Wildman–Crippen LogP) is 8.41. The Hall–Kier alpha value is -3.87. The van der Waals surface area contributed by atoms with Crippen LogP contribution in [0.15, 0.2) is 96.0 Å². The smallest absolute Gasteiger partial charge is 0.279 e. The first-order valence-electron chi connectivity index (χ1n) is 10.7. The van der Waals surface area contributed by atoms with Crippen LogP contribution < -0.4 is 0 Å². The first kappa shape index (κ1) is 22.9.